The summed E-state index contributed by atoms with van der Waals surface area (Å²) in [6.07, 6.45) is 8.69. The number of amides is 1. The van der Waals surface area contributed by atoms with Gasteiger partial charge in [0.2, 0.25) is 0 Å². The Bertz CT molecular complexity index is 675. The number of hydrogen-bond donors (Lipinski definition) is 2. The van der Waals surface area contributed by atoms with Crippen LogP contribution in [0.5, 0.6) is 0 Å². The number of anilines is 1. The minimum Gasteiger partial charge on any atom is -0.330 e. The number of carbonyl (C=O) groups is 1. The SMILES string of the molecule is CSc1ccc(NC(=O)c2ccc(C3(CN)CCC3)nc2)nc1. The minimum atomic E-state index is -0.205. The number of nitrogens with two attached hydrogens (primary N) is 1. The number of carbonyl (C=O) groups excluding carboxylic acids is 1. The van der Waals surface area contributed by atoms with Crippen molar-refractivity contribution in [3.05, 3.63) is 47.9 Å². The molecule has 0 aromatic carbocycles. The highest BCUT2D eigenvalue weighted by Gasteiger charge is 2.38. The molecule has 1 amide bonds. The molecule has 5 nitrogen and oxygen atoms in total. The fraction of sp³-hybridized carbons (Fsp3) is 0.353. The smallest absolute Gasteiger partial charge is 0.258 e. The van der Waals surface area contributed by atoms with E-state index in [-0.39, 0.29) is 11.3 Å². The van der Waals surface area contributed by atoms with Crippen molar-refractivity contribution in [1.29, 1.82) is 0 Å². The van der Waals surface area contributed by atoms with E-state index in [9.17, 15) is 4.79 Å². The molecule has 3 rings (SSSR count). The van der Waals surface area contributed by atoms with Crippen molar-refractivity contribution in [3.63, 3.8) is 0 Å². The van der Waals surface area contributed by atoms with Crippen molar-refractivity contribution in [2.24, 2.45) is 5.73 Å². The van der Waals surface area contributed by atoms with Gasteiger partial charge in [-0.2, -0.15) is 0 Å². The van der Waals surface area contributed by atoms with Gasteiger partial charge >= 0.3 is 0 Å². The summed E-state index contributed by atoms with van der Waals surface area (Å²) in [5.74, 6) is 0.332. The van der Waals surface area contributed by atoms with E-state index in [1.807, 2.05) is 24.5 Å². The van der Waals surface area contributed by atoms with E-state index in [1.165, 1.54) is 6.42 Å². The highest BCUT2D eigenvalue weighted by atomic mass is 32.2. The summed E-state index contributed by atoms with van der Waals surface area (Å²) in [5, 5.41) is 2.79. The first-order valence-electron chi connectivity index (χ1n) is 7.65. The van der Waals surface area contributed by atoms with Crippen LogP contribution in [-0.4, -0.2) is 28.7 Å². The van der Waals surface area contributed by atoms with Crippen LogP contribution in [0.2, 0.25) is 0 Å². The summed E-state index contributed by atoms with van der Waals surface area (Å²) in [7, 11) is 0. The molecule has 0 unspecified atom stereocenters. The van der Waals surface area contributed by atoms with Crippen LogP contribution in [0.15, 0.2) is 41.6 Å². The molecule has 0 radical (unpaired) electrons. The first-order valence-corrected chi connectivity index (χ1v) is 8.87. The Labute approximate surface area is 140 Å². The third-order valence-electron chi connectivity index (χ3n) is 4.48. The monoisotopic (exact) mass is 328 g/mol. The normalized spacial score (nSPS) is 15.7. The van der Waals surface area contributed by atoms with E-state index in [0.29, 0.717) is 17.9 Å². The number of aromatic nitrogens is 2. The van der Waals surface area contributed by atoms with Gasteiger partial charge in [0, 0.05) is 34.9 Å². The Morgan fingerprint density at radius 2 is 2.09 bits per heavy atom. The van der Waals surface area contributed by atoms with E-state index in [1.54, 1.807) is 30.2 Å². The largest absolute Gasteiger partial charge is 0.330 e. The van der Waals surface area contributed by atoms with Gasteiger partial charge in [-0.1, -0.05) is 6.42 Å². The summed E-state index contributed by atoms with van der Waals surface area (Å²) in [5.41, 5.74) is 7.43. The molecule has 1 fully saturated rings. The molecule has 0 atom stereocenters. The Morgan fingerprint density at radius 1 is 1.26 bits per heavy atom. The summed E-state index contributed by atoms with van der Waals surface area (Å²) in [6.45, 7) is 0.608. The second-order valence-electron chi connectivity index (χ2n) is 5.81. The zero-order valence-electron chi connectivity index (χ0n) is 13.1. The topological polar surface area (TPSA) is 80.9 Å². The second kappa shape index (κ2) is 6.68. The van der Waals surface area contributed by atoms with Crippen LogP contribution < -0.4 is 11.1 Å². The molecule has 2 aromatic rings. The average molecular weight is 328 g/mol. The molecule has 0 bridgehead atoms. The van der Waals surface area contributed by atoms with Crippen molar-refractivity contribution < 1.29 is 4.79 Å². The van der Waals surface area contributed by atoms with E-state index in [0.717, 1.165) is 23.4 Å². The molecule has 6 heteroatoms. The van der Waals surface area contributed by atoms with Gasteiger partial charge in [-0.3, -0.25) is 9.78 Å². The number of pyridine rings is 2. The Kier molecular flexibility index (Phi) is 4.63. The van der Waals surface area contributed by atoms with Crippen LogP contribution in [-0.2, 0) is 5.41 Å². The molecule has 2 heterocycles. The number of thioether (sulfide) groups is 1. The quantitative estimate of drug-likeness (QED) is 0.825. The number of nitrogens with zero attached hydrogens (tertiary/aromatic N) is 2. The van der Waals surface area contributed by atoms with Gasteiger partial charge in [0.1, 0.15) is 5.82 Å². The molecular formula is C17H20N4OS. The van der Waals surface area contributed by atoms with Crippen molar-refractivity contribution in [1.82, 2.24) is 9.97 Å². The van der Waals surface area contributed by atoms with Gasteiger partial charge < -0.3 is 11.1 Å². The lowest BCUT2D eigenvalue weighted by atomic mass is 9.66. The second-order valence-corrected chi connectivity index (χ2v) is 6.69. The lowest BCUT2D eigenvalue weighted by Gasteiger charge is -2.40. The molecule has 1 aliphatic rings. The van der Waals surface area contributed by atoms with E-state index in [2.05, 4.69) is 15.3 Å². The standard InChI is InChI=1S/C17H20N4OS/c1-23-13-4-6-15(20-10-13)21-16(22)12-3-5-14(19-9-12)17(11-18)7-2-8-17/h3-6,9-10H,2,7-8,11,18H2,1H3,(H,20,21,22). The van der Waals surface area contributed by atoms with Crippen LogP contribution in [0, 0.1) is 0 Å². The summed E-state index contributed by atoms with van der Waals surface area (Å²) in [4.78, 5) is 22.0. The molecule has 1 aliphatic carbocycles. The van der Waals surface area contributed by atoms with E-state index >= 15 is 0 Å². The number of rotatable bonds is 5. The van der Waals surface area contributed by atoms with Crippen LogP contribution in [0.4, 0.5) is 5.82 Å². The van der Waals surface area contributed by atoms with E-state index < -0.39 is 0 Å². The molecule has 0 spiro atoms. The molecule has 120 valence electrons. The molecule has 2 aromatic heterocycles. The third kappa shape index (κ3) is 3.23. The molecule has 1 saturated carbocycles. The van der Waals surface area contributed by atoms with Gasteiger partial charge in [0.05, 0.1) is 5.56 Å². The van der Waals surface area contributed by atoms with Crippen LogP contribution in [0.3, 0.4) is 0 Å². The zero-order valence-corrected chi connectivity index (χ0v) is 13.9. The minimum absolute atomic E-state index is 0.0181. The predicted octanol–water partition coefficient (Wildman–Crippen LogP) is 2.83. The highest BCUT2D eigenvalue weighted by Crippen LogP contribution is 2.41. The van der Waals surface area contributed by atoms with Crippen LogP contribution in [0.1, 0.15) is 35.3 Å². The summed E-state index contributed by atoms with van der Waals surface area (Å²) < 4.78 is 0. The molecule has 3 N–H and O–H groups in total. The molecular weight excluding hydrogens is 308 g/mol. The maximum Gasteiger partial charge on any atom is 0.258 e. The number of nitrogens with one attached hydrogen (secondary N) is 1. The first-order chi connectivity index (χ1) is 11.2. The fourth-order valence-corrected chi connectivity index (χ4v) is 3.14. The van der Waals surface area contributed by atoms with E-state index in [4.69, 9.17) is 5.73 Å². The molecule has 23 heavy (non-hydrogen) atoms. The number of hydrogen-bond acceptors (Lipinski definition) is 5. The van der Waals surface area contributed by atoms with Crippen LogP contribution in [0.25, 0.3) is 0 Å². The lowest BCUT2D eigenvalue weighted by molar-refractivity contribution is 0.102. The Morgan fingerprint density at radius 3 is 2.57 bits per heavy atom. The average Bonchev–Trinajstić information content (AvgIpc) is 2.56. The van der Waals surface area contributed by atoms with Crippen molar-refractivity contribution >= 4 is 23.5 Å². The maximum atomic E-state index is 12.3. The summed E-state index contributed by atoms with van der Waals surface area (Å²) >= 11 is 1.61. The lowest BCUT2D eigenvalue weighted by Crippen LogP contribution is -2.42. The Hall–Kier alpha value is -1.92. The van der Waals surface area contributed by atoms with Gasteiger partial charge in [0.25, 0.3) is 5.91 Å². The first kappa shape index (κ1) is 16.0. The van der Waals surface area contributed by atoms with Crippen molar-refractivity contribution in [3.8, 4) is 0 Å². The molecule has 0 saturated heterocycles. The fourth-order valence-electron chi connectivity index (χ4n) is 2.77. The highest BCUT2D eigenvalue weighted by molar-refractivity contribution is 7.98. The third-order valence-corrected chi connectivity index (χ3v) is 5.20. The predicted molar refractivity (Wildman–Crippen MR) is 92.8 cm³/mol. The molecule has 0 aliphatic heterocycles. The van der Waals surface area contributed by atoms with Gasteiger partial charge in [0.15, 0.2) is 0 Å². The summed E-state index contributed by atoms with van der Waals surface area (Å²) in [6, 6.07) is 7.45. The zero-order chi connectivity index (χ0) is 16.3. The van der Waals surface area contributed by atoms with Crippen molar-refractivity contribution in [2.75, 3.05) is 18.1 Å². The van der Waals surface area contributed by atoms with Gasteiger partial charge in [-0.15, -0.1) is 11.8 Å². The van der Waals surface area contributed by atoms with Gasteiger partial charge in [-0.25, -0.2) is 4.98 Å². The van der Waals surface area contributed by atoms with Crippen molar-refractivity contribution in [2.45, 2.75) is 29.6 Å². The Balaban J connectivity index is 1.70. The maximum absolute atomic E-state index is 12.3. The van der Waals surface area contributed by atoms with Gasteiger partial charge in [-0.05, 0) is 43.4 Å². The van der Waals surface area contributed by atoms with Crippen LogP contribution >= 0.6 is 11.8 Å².